The summed E-state index contributed by atoms with van der Waals surface area (Å²) in [6.07, 6.45) is 11.8. The number of hydrogen-bond acceptors (Lipinski definition) is 3. The lowest BCUT2D eigenvalue weighted by Gasteiger charge is -2.60. The normalized spacial score (nSPS) is 40.2. The summed E-state index contributed by atoms with van der Waals surface area (Å²) in [6.45, 7) is 14.5. The molecule has 28 heavy (non-hydrogen) atoms. The van der Waals surface area contributed by atoms with Gasteiger partial charge in [-0.15, -0.1) is 6.58 Å². The Morgan fingerprint density at radius 2 is 1.96 bits per heavy atom. The Kier molecular flexibility index (Phi) is 6.57. The SMILES string of the molecule is C=C[C@@]1(C)CC[C@H]2C(=CC[C@@H]3[C@]2(C)CCC[C@@]3(C)C(=O)[O-])C1.CC(C)([NH3+])CO. The number of carboxylic acid groups (broad SMARTS) is 1. The third-order valence-corrected chi connectivity index (χ3v) is 7.84. The molecule has 0 radical (unpaired) electrons. The van der Waals surface area contributed by atoms with Crippen LogP contribution in [-0.2, 0) is 4.79 Å². The number of fused-ring (bicyclic) bond motifs is 3. The first-order valence-corrected chi connectivity index (χ1v) is 10.8. The summed E-state index contributed by atoms with van der Waals surface area (Å²) < 4.78 is 0. The second kappa shape index (κ2) is 7.95. The number of carboxylic acids is 1. The molecule has 4 nitrogen and oxygen atoms in total. The predicted molar refractivity (Wildman–Crippen MR) is 111 cm³/mol. The molecule has 4 heteroatoms. The molecule has 160 valence electrons. The maximum Gasteiger partial charge on any atom is 0.112 e. The van der Waals surface area contributed by atoms with Gasteiger partial charge in [0, 0.05) is 11.4 Å². The zero-order valence-electron chi connectivity index (χ0n) is 18.6. The van der Waals surface area contributed by atoms with E-state index in [0.29, 0.717) is 5.92 Å². The Bertz CT molecular complexity index is 634. The highest BCUT2D eigenvalue weighted by Gasteiger charge is 2.55. The van der Waals surface area contributed by atoms with Gasteiger partial charge in [0.05, 0.1) is 6.61 Å². The van der Waals surface area contributed by atoms with Crippen LogP contribution in [0, 0.1) is 28.1 Å². The number of hydrogen-bond donors (Lipinski definition) is 2. The lowest BCUT2D eigenvalue weighted by Crippen LogP contribution is -2.71. The zero-order chi connectivity index (χ0) is 21.4. The second-order valence-corrected chi connectivity index (χ2v) is 11.1. The minimum Gasteiger partial charge on any atom is -0.550 e. The Morgan fingerprint density at radius 1 is 1.36 bits per heavy atom. The lowest BCUT2D eigenvalue weighted by atomic mass is 9.45. The van der Waals surface area contributed by atoms with Crippen LogP contribution in [0.3, 0.4) is 0 Å². The molecule has 0 bridgehead atoms. The van der Waals surface area contributed by atoms with Gasteiger partial charge < -0.3 is 20.7 Å². The highest BCUT2D eigenvalue weighted by Crippen LogP contribution is 2.63. The van der Waals surface area contributed by atoms with E-state index < -0.39 is 11.4 Å². The maximum absolute atomic E-state index is 11.8. The molecule has 0 aromatic heterocycles. The van der Waals surface area contributed by atoms with Crippen LogP contribution in [0.4, 0.5) is 0 Å². The van der Waals surface area contributed by atoms with Crippen molar-refractivity contribution in [2.24, 2.45) is 28.1 Å². The largest absolute Gasteiger partial charge is 0.550 e. The molecule has 0 heterocycles. The molecule has 2 fully saturated rings. The molecule has 2 saturated carbocycles. The first-order chi connectivity index (χ1) is 12.8. The van der Waals surface area contributed by atoms with Gasteiger partial charge in [-0.25, -0.2) is 0 Å². The predicted octanol–water partition coefficient (Wildman–Crippen LogP) is 2.87. The number of carbonyl (C=O) groups excluding carboxylic acids is 1. The number of aliphatic hydroxyl groups is 1. The van der Waals surface area contributed by atoms with Gasteiger partial charge in [-0.1, -0.05) is 44.9 Å². The minimum atomic E-state index is -0.841. The molecule has 0 spiro atoms. The average molecular weight is 392 g/mol. The van der Waals surface area contributed by atoms with E-state index in [1.807, 2.05) is 20.8 Å². The van der Waals surface area contributed by atoms with Crippen molar-refractivity contribution in [1.82, 2.24) is 0 Å². The number of rotatable bonds is 3. The van der Waals surface area contributed by atoms with E-state index in [4.69, 9.17) is 5.11 Å². The smallest absolute Gasteiger partial charge is 0.112 e. The van der Waals surface area contributed by atoms with Crippen molar-refractivity contribution >= 4 is 5.97 Å². The van der Waals surface area contributed by atoms with Gasteiger partial charge in [0.25, 0.3) is 0 Å². The van der Waals surface area contributed by atoms with Crippen LogP contribution in [0.1, 0.15) is 79.6 Å². The molecule has 4 N–H and O–H groups in total. The Morgan fingerprint density at radius 3 is 2.46 bits per heavy atom. The first-order valence-electron chi connectivity index (χ1n) is 10.8. The third-order valence-electron chi connectivity index (χ3n) is 7.84. The monoisotopic (exact) mass is 391 g/mol. The van der Waals surface area contributed by atoms with Crippen molar-refractivity contribution in [2.75, 3.05) is 6.61 Å². The van der Waals surface area contributed by atoms with E-state index in [-0.39, 0.29) is 28.9 Å². The van der Waals surface area contributed by atoms with Crippen molar-refractivity contribution in [2.45, 2.75) is 85.1 Å². The molecule has 0 saturated heterocycles. The molecule has 0 amide bonds. The Balaban J connectivity index is 0.000000409. The van der Waals surface area contributed by atoms with Crippen LogP contribution in [0.15, 0.2) is 24.3 Å². The van der Waals surface area contributed by atoms with E-state index in [1.165, 1.54) is 12.8 Å². The van der Waals surface area contributed by atoms with Crippen LogP contribution in [0.5, 0.6) is 0 Å². The minimum absolute atomic E-state index is 0.125. The summed E-state index contributed by atoms with van der Waals surface area (Å²) >= 11 is 0. The highest BCUT2D eigenvalue weighted by molar-refractivity contribution is 5.73. The van der Waals surface area contributed by atoms with E-state index in [2.05, 4.69) is 38.3 Å². The standard InChI is InChI=1S/C20H30O2.C4H11NO/c1-5-18(2)12-9-15-14(13-18)7-8-16-19(15,3)10-6-11-20(16,4)17(21)22;1-4(2,5)3-6/h5,7,15-16H,1,6,8-13H2,2-4H3,(H,21,22);6H,3,5H2,1-2H3/t15-,16+,18-,19+,20+;/m0./s1. The van der Waals surface area contributed by atoms with Crippen LogP contribution < -0.4 is 10.8 Å². The van der Waals surface area contributed by atoms with Crippen molar-refractivity contribution < 1.29 is 20.7 Å². The Labute approximate surface area is 171 Å². The summed E-state index contributed by atoms with van der Waals surface area (Å²) in [5.74, 6) is -0.0640. The lowest BCUT2D eigenvalue weighted by molar-refractivity contribution is -0.471. The summed E-state index contributed by atoms with van der Waals surface area (Å²) in [6, 6.07) is 0. The number of aliphatic carboxylic acids is 1. The van der Waals surface area contributed by atoms with Gasteiger partial charge >= 0.3 is 0 Å². The van der Waals surface area contributed by atoms with E-state index in [9.17, 15) is 9.90 Å². The zero-order valence-corrected chi connectivity index (χ0v) is 18.6. The van der Waals surface area contributed by atoms with Crippen molar-refractivity contribution in [1.29, 1.82) is 0 Å². The third kappa shape index (κ3) is 4.38. The summed E-state index contributed by atoms with van der Waals surface area (Å²) in [5.41, 5.74) is 4.74. The molecule has 3 rings (SSSR count). The molecule has 0 aromatic carbocycles. The van der Waals surface area contributed by atoms with Crippen molar-refractivity contribution in [3.05, 3.63) is 24.3 Å². The summed E-state index contributed by atoms with van der Waals surface area (Å²) in [4.78, 5) is 11.8. The van der Waals surface area contributed by atoms with Crippen LogP contribution >= 0.6 is 0 Å². The highest BCUT2D eigenvalue weighted by atomic mass is 16.4. The fourth-order valence-electron chi connectivity index (χ4n) is 5.85. The number of aliphatic hydroxyl groups excluding tert-OH is 1. The molecular formula is C24H41NO3. The molecule has 3 aliphatic rings. The van der Waals surface area contributed by atoms with Gasteiger partial charge in [0.1, 0.15) is 5.54 Å². The van der Waals surface area contributed by atoms with Gasteiger partial charge in [-0.3, -0.25) is 0 Å². The van der Waals surface area contributed by atoms with Gasteiger partial charge in [-0.05, 0) is 75.0 Å². The van der Waals surface area contributed by atoms with Gasteiger partial charge in [0.15, 0.2) is 0 Å². The fraction of sp³-hybridized carbons (Fsp3) is 0.792. The molecule has 0 aliphatic heterocycles. The Hall–Kier alpha value is -1.13. The van der Waals surface area contributed by atoms with Crippen LogP contribution in [-0.4, -0.2) is 23.2 Å². The van der Waals surface area contributed by atoms with Gasteiger partial charge in [-0.2, -0.15) is 0 Å². The number of quaternary nitrogens is 1. The average Bonchev–Trinajstić information content (AvgIpc) is 2.61. The van der Waals surface area contributed by atoms with E-state index >= 15 is 0 Å². The number of allylic oxidation sites excluding steroid dienone is 3. The molecule has 3 aliphatic carbocycles. The fourth-order valence-corrected chi connectivity index (χ4v) is 5.85. The summed E-state index contributed by atoms with van der Waals surface area (Å²) in [7, 11) is 0. The maximum atomic E-state index is 11.8. The van der Waals surface area contributed by atoms with Gasteiger partial charge in [0.2, 0.25) is 0 Å². The van der Waals surface area contributed by atoms with Crippen molar-refractivity contribution in [3.63, 3.8) is 0 Å². The second-order valence-electron chi connectivity index (χ2n) is 11.1. The topological polar surface area (TPSA) is 88.0 Å². The number of carbonyl (C=O) groups is 1. The summed E-state index contributed by atoms with van der Waals surface area (Å²) in [5, 5.41) is 20.2. The van der Waals surface area contributed by atoms with Crippen LogP contribution in [0.2, 0.25) is 0 Å². The molecule has 0 aromatic rings. The van der Waals surface area contributed by atoms with Crippen LogP contribution in [0.25, 0.3) is 0 Å². The molecule has 5 atom stereocenters. The quantitative estimate of drug-likeness (QED) is 0.725. The van der Waals surface area contributed by atoms with E-state index in [0.717, 1.165) is 32.1 Å². The van der Waals surface area contributed by atoms with E-state index in [1.54, 1.807) is 5.57 Å². The molecule has 0 unspecified atom stereocenters. The van der Waals surface area contributed by atoms with Crippen molar-refractivity contribution in [3.8, 4) is 0 Å². The molecular weight excluding hydrogens is 350 g/mol. The first kappa shape index (κ1) is 23.2.